The molecular formula is C15H22N2O. The van der Waals surface area contributed by atoms with E-state index in [1.165, 1.54) is 30.6 Å². The number of benzene rings is 1. The van der Waals surface area contributed by atoms with Crippen LogP contribution in [-0.4, -0.2) is 38.2 Å². The molecule has 18 heavy (non-hydrogen) atoms. The van der Waals surface area contributed by atoms with Gasteiger partial charge in [-0.05, 0) is 50.2 Å². The molecule has 0 aromatic heterocycles. The Morgan fingerprint density at radius 1 is 1.44 bits per heavy atom. The lowest BCUT2D eigenvalue weighted by atomic mass is 10.00. The van der Waals surface area contributed by atoms with Crippen molar-refractivity contribution in [2.24, 2.45) is 5.92 Å². The van der Waals surface area contributed by atoms with Crippen LogP contribution in [0.4, 0.5) is 0 Å². The smallest absolute Gasteiger partial charge is 0.122 e. The monoisotopic (exact) mass is 246 g/mol. The van der Waals surface area contributed by atoms with Crippen LogP contribution < -0.4 is 10.1 Å². The Hall–Kier alpha value is -1.06. The van der Waals surface area contributed by atoms with Gasteiger partial charge in [-0.3, -0.25) is 0 Å². The van der Waals surface area contributed by atoms with Crippen LogP contribution in [0.15, 0.2) is 18.2 Å². The number of hydrogen-bond donors (Lipinski definition) is 1. The van der Waals surface area contributed by atoms with Gasteiger partial charge < -0.3 is 15.0 Å². The summed E-state index contributed by atoms with van der Waals surface area (Å²) in [5, 5.41) is 3.41. The molecule has 0 spiro atoms. The molecule has 1 aromatic rings. The molecule has 98 valence electrons. The molecule has 0 radical (unpaired) electrons. The van der Waals surface area contributed by atoms with Crippen LogP contribution in [0.1, 0.15) is 17.5 Å². The Morgan fingerprint density at radius 3 is 3.22 bits per heavy atom. The average molecular weight is 246 g/mol. The highest BCUT2D eigenvalue weighted by Crippen LogP contribution is 2.26. The summed E-state index contributed by atoms with van der Waals surface area (Å²) >= 11 is 0. The topological polar surface area (TPSA) is 24.5 Å². The van der Waals surface area contributed by atoms with Crippen LogP contribution in [0, 0.1) is 5.92 Å². The van der Waals surface area contributed by atoms with E-state index in [9.17, 15) is 0 Å². The Labute approximate surface area is 109 Å². The first-order valence-corrected chi connectivity index (χ1v) is 6.96. The van der Waals surface area contributed by atoms with Gasteiger partial charge in [0.25, 0.3) is 0 Å². The van der Waals surface area contributed by atoms with Gasteiger partial charge in [0, 0.05) is 19.0 Å². The molecule has 1 aromatic carbocycles. The third kappa shape index (κ3) is 2.52. The summed E-state index contributed by atoms with van der Waals surface area (Å²) in [7, 11) is 2.19. The third-order valence-corrected chi connectivity index (χ3v) is 4.06. The van der Waals surface area contributed by atoms with Crippen molar-refractivity contribution < 1.29 is 4.74 Å². The fourth-order valence-electron chi connectivity index (χ4n) is 3.00. The van der Waals surface area contributed by atoms with Crippen molar-refractivity contribution in [1.82, 2.24) is 10.2 Å². The van der Waals surface area contributed by atoms with E-state index in [-0.39, 0.29) is 0 Å². The first-order valence-electron chi connectivity index (χ1n) is 6.96. The first kappa shape index (κ1) is 12.0. The number of likely N-dealkylation sites (tertiary alicyclic amines) is 1. The van der Waals surface area contributed by atoms with Gasteiger partial charge in [0.1, 0.15) is 5.75 Å². The second kappa shape index (κ2) is 5.29. The molecule has 2 aliphatic rings. The highest BCUT2D eigenvalue weighted by Gasteiger charge is 2.21. The highest BCUT2D eigenvalue weighted by atomic mass is 16.5. The van der Waals surface area contributed by atoms with Crippen LogP contribution in [0.5, 0.6) is 5.75 Å². The Balaban J connectivity index is 1.65. The molecule has 1 saturated heterocycles. The summed E-state index contributed by atoms with van der Waals surface area (Å²) in [5.74, 6) is 1.82. The van der Waals surface area contributed by atoms with Gasteiger partial charge in [-0.1, -0.05) is 12.1 Å². The Kier molecular flexibility index (Phi) is 3.52. The van der Waals surface area contributed by atoms with E-state index in [2.05, 4.69) is 35.5 Å². The minimum atomic E-state index is 0.701. The van der Waals surface area contributed by atoms with Gasteiger partial charge in [-0.15, -0.1) is 0 Å². The maximum Gasteiger partial charge on any atom is 0.122 e. The largest absolute Gasteiger partial charge is 0.493 e. The predicted octanol–water partition coefficient (Wildman–Crippen LogP) is 1.66. The molecule has 2 heterocycles. The molecule has 0 saturated carbocycles. The van der Waals surface area contributed by atoms with E-state index in [1.807, 2.05) is 0 Å². The zero-order chi connectivity index (χ0) is 12.4. The maximum absolute atomic E-state index is 6.08. The van der Waals surface area contributed by atoms with Gasteiger partial charge in [-0.2, -0.15) is 0 Å². The second-order valence-corrected chi connectivity index (χ2v) is 5.55. The zero-order valence-corrected chi connectivity index (χ0v) is 11.1. The molecule has 0 aliphatic carbocycles. The fourth-order valence-corrected chi connectivity index (χ4v) is 3.00. The number of hydrogen-bond acceptors (Lipinski definition) is 3. The SMILES string of the molecule is CN1CCC(COc2cccc3c2CCNC3)C1. The summed E-state index contributed by atoms with van der Waals surface area (Å²) in [6.07, 6.45) is 2.36. The number of fused-ring (bicyclic) bond motifs is 1. The van der Waals surface area contributed by atoms with Crippen molar-refractivity contribution in [3.8, 4) is 5.75 Å². The van der Waals surface area contributed by atoms with E-state index in [4.69, 9.17) is 4.74 Å². The lowest BCUT2D eigenvalue weighted by molar-refractivity contribution is 0.246. The Bertz CT molecular complexity index is 419. The first-order chi connectivity index (χ1) is 8.83. The number of nitrogens with zero attached hydrogens (tertiary/aromatic N) is 1. The fraction of sp³-hybridized carbons (Fsp3) is 0.600. The molecule has 1 fully saturated rings. The van der Waals surface area contributed by atoms with Crippen molar-refractivity contribution >= 4 is 0 Å². The van der Waals surface area contributed by atoms with E-state index >= 15 is 0 Å². The summed E-state index contributed by atoms with van der Waals surface area (Å²) in [6, 6.07) is 6.45. The molecule has 3 rings (SSSR count). The third-order valence-electron chi connectivity index (χ3n) is 4.06. The molecule has 0 bridgehead atoms. The normalized spacial score (nSPS) is 23.9. The van der Waals surface area contributed by atoms with Crippen molar-refractivity contribution in [2.45, 2.75) is 19.4 Å². The van der Waals surface area contributed by atoms with Gasteiger partial charge in [-0.25, -0.2) is 0 Å². The lowest BCUT2D eigenvalue weighted by Gasteiger charge is -2.21. The predicted molar refractivity (Wildman–Crippen MR) is 73.0 cm³/mol. The van der Waals surface area contributed by atoms with E-state index < -0.39 is 0 Å². The lowest BCUT2D eigenvalue weighted by Crippen LogP contribution is -2.24. The van der Waals surface area contributed by atoms with Crippen molar-refractivity contribution in [3.63, 3.8) is 0 Å². The number of rotatable bonds is 3. The molecule has 3 heteroatoms. The van der Waals surface area contributed by atoms with Gasteiger partial charge in [0.05, 0.1) is 6.61 Å². The van der Waals surface area contributed by atoms with Crippen molar-refractivity contribution in [1.29, 1.82) is 0 Å². The molecule has 0 amide bonds. The summed E-state index contributed by atoms with van der Waals surface area (Å²) in [6.45, 7) is 5.31. The number of nitrogens with one attached hydrogen (secondary N) is 1. The van der Waals surface area contributed by atoms with Crippen LogP contribution in [0.3, 0.4) is 0 Å². The quantitative estimate of drug-likeness (QED) is 0.878. The van der Waals surface area contributed by atoms with Crippen molar-refractivity contribution in [2.75, 3.05) is 33.3 Å². The van der Waals surface area contributed by atoms with Gasteiger partial charge in [0.15, 0.2) is 0 Å². The van der Waals surface area contributed by atoms with Crippen LogP contribution in [0.25, 0.3) is 0 Å². The highest BCUT2D eigenvalue weighted by molar-refractivity contribution is 5.41. The van der Waals surface area contributed by atoms with Crippen LogP contribution >= 0.6 is 0 Å². The molecule has 3 nitrogen and oxygen atoms in total. The molecule has 1 atom stereocenters. The van der Waals surface area contributed by atoms with E-state index in [0.29, 0.717) is 5.92 Å². The molecular weight excluding hydrogens is 224 g/mol. The number of ether oxygens (including phenoxy) is 1. The summed E-state index contributed by atoms with van der Waals surface area (Å²) in [5.41, 5.74) is 2.82. The van der Waals surface area contributed by atoms with Crippen LogP contribution in [0.2, 0.25) is 0 Å². The zero-order valence-electron chi connectivity index (χ0n) is 11.1. The summed E-state index contributed by atoms with van der Waals surface area (Å²) < 4.78 is 6.08. The molecule has 2 aliphatic heterocycles. The van der Waals surface area contributed by atoms with Crippen LogP contribution in [-0.2, 0) is 13.0 Å². The second-order valence-electron chi connectivity index (χ2n) is 5.55. The minimum Gasteiger partial charge on any atom is -0.493 e. The maximum atomic E-state index is 6.08. The minimum absolute atomic E-state index is 0.701. The Morgan fingerprint density at radius 2 is 2.39 bits per heavy atom. The summed E-state index contributed by atoms with van der Waals surface area (Å²) in [4.78, 5) is 2.39. The van der Waals surface area contributed by atoms with Crippen molar-refractivity contribution in [3.05, 3.63) is 29.3 Å². The standard InChI is InChI=1S/C15H22N2O/c1-17-8-6-12(10-17)11-18-15-4-2-3-13-9-16-7-5-14(13)15/h2-4,12,16H,5-11H2,1H3. The van der Waals surface area contributed by atoms with Gasteiger partial charge >= 0.3 is 0 Å². The molecule has 1 unspecified atom stereocenters. The molecule has 1 N–H and O–H groups in total. The van der Waals surface area contributed by atoms with Gasteiger partial charge in [0.2, 0.25) is 0 Å². The average Bonchev–Trinajstić information content (AvgIpc) is 2.82. The van der Waals surface area contributed by atoms with E-state index in [1.54, 1.807) is 0 Å². The van der Waals surface area contributed by atoms with E-state index in [0.717, 1.165) is 31.9 Å².